The van der Waals surface area contributed by atoms with Crippen molar-refractivity contribution in [3.05, 3.63) is 60.7 Å². The maximum absolute atomic E-state index is 8.56. The molecule has 0 radical (unpaired) electrons. The summed E-state index contributed by atoms with van der Waals surface area (Å²) in [7, 11) is 0. The van der Waals surface area contributed by atoms with Gasteiger partial charge in [0.05, 0.1) is 6.07 Å². The van der Waals surface area contributed by atoms with E-state index in [9.17, 15) is 0 Å². The third-order valence-corrected chi connectivity index (χ3v) is 2.85. The first kappa shape index (κ1) is 11.2. The molecule has 19 heavy (non-hydrogen) atoms. The van der Waals surface area contributed by atoms with E-state index in [1.165, 1.54) is 12.4 Å². The molecule has 0 aliphatic heterocycles. The van der Waals surface area contributed by atoms with Crippen LogP contribution in [0.5, 0.6) is 0 Å². The molecule has 0 unspecified atom stereocenters. The van der Waals surface area contributed by atoms with Gasteiger partial charge >= 0.3 is 0 Å². The molecule has 0 amide bonds. The number of hydrogen-bond donors (Lipinski definition) is 0. The molecule has 90 valence electrons. The summed E-state index contributed by atoms with van der Waals surface area (Å²) in [5.41, 5.74) is 2.86. The monoisotopic (exact) mass is 246 g/mol. The summed E-state index contributed by atoms with van der Waals surface area (Å²) in [6.07, 6.45) is 8.54. The highest BCUT2D eigenvalue weighted by molar-refractivity contribution is 5.77. The van der Waals surface area contributed by atoms with Gasteiger partial charge in [-0.2, -0.15) is 5.26 Å². The van der Waals surface area contributed by atoms with E-state index in [-0.39, 0.29) is 0 Å². The molecule has 0 N–H and O–H groups in total. The molecular formula is C15H10N4. The SMILES string of the molecule is N#CC=Cc1cccc(-n2ccc3cncnc32)c1. The van der Waals surface area contributed by atoms with Gasteiger partial charge < -0.3 is 4.57 Å². The summed E-state index contributed by atoms with van der Waals surface area (Å²) < 4.78 is 2.00. The number of benzene rings is 1. The number of rotatable bonds is 2. The Labute approximate surface area is 110 Å². The Balaban J connectivity index is 2.12. The first-order chi connectivity index (χ1) is 9.38. The number of hydrogen-bond acceptors (Lipinski definition) is 3. The van der Waals surface area contributed by atoms with Crippen LogP contribution < -0.4 is 0 Å². The summed E-state index contributed by atoms with van der Waals surface area (Å²) in [5, 5.41) is 9.56. The van der Waals surface area contributed by atoms with Crippen molar-refractivity contribution in [1.82, 2.24) is 14.5 Å². The molecule has 2 heterocycles. The Kier molecular flexibility index (Phi) is 2.79. The number of aromatic nitrogens is 3. The van der Waals surface area contributed by atoms with Gasteiger partial charge in [0.15, 0.2) is 0 Å². The molecule has 0 aliphatic rings. The fraction of sp³-hybridized carbons (Fsp3) is 0. The minimum Gasteiger partial charge on any atom is -0.301 e. The lowest BCUT2D eigenvalue weighted by atomic mass is 10.2. The lowest BCUT2D eigenvalue weighted by Crippen LogP contribution is -1.94. The smallest absolute Gasteiger partial charge is 0.147 e. The van der Waals surface area contributed by atoms with Crippen molar-refractivity contribution in [2.24, 2.45) is 0 Å². The lowest BCUT2D eigenvalue weighted by molar-refractivity contribution is 1.07. The van der Waals surface area contributed by atoms with Crippen LogP contribution >= 0.6 is 0 Å². The highest BCUT2D eigenvalue weighted by atomic mass is 15.0. The molecule has 4 heteroatoms. The molecule has 0 saturated carbocycles. The van der Waals surface area contributed by atoms with Crippen molar-refractivity contribution in [2.45, 2.75) is 0 Å². The predicted molar refractivity (Wildman–Crippen MR) is 73.5 cm³/mol. The van der Waals surface area contributed by atoms with Gasteiger partial charge in [0.25, 0.3) is 0 Å². The quantitative estimate of drug-likeness (QED) is 0.653. The van der Waals surface area contributed by atoms with Crippen LogP contribution in [0.4, 0.5) is 0 Å². The van der Waals surface area contributed by atoms with Crippen LogP contribution in [0.1, 0.15) is 5.56 Å². The molecular weight excluding hydrogens is 236 g/mol. The molecule has 0 spiro atoms. The van der Waals surface area contributed by atoms with Crippen molar-refractivity contribution in [1.29, 1.82) is 5.26 Å². The second-order valence-corrected chi connectivity index (χ2v) is 4.04. The molecule has 4 nitrogen and oxygen atoms in total. The van der Waals surface area contributed by atoms with E-state index in [0.29, 0.717) is 0 Å². The average Bonchev–Trinajstić information content (AvgIpc) is 2.89. The molecule has 0 aliphatic carbocycles. The summed E-state index contributed by atoms with van der Waals surface area (Å²) in [5.74, 6) is 0. The predicted octanol–water partition coefficient (Wildman–Crippen LogP) is 2.96. The summed E-state index contributed by atoms with van der Waals surface area (Å²) in [4.78, 5) is 8.30. The highest BCUT2D eigenvalue weighted by Gasteiger charge is 2.04. The van der Waals surface area contributed by atoms with Crippen molar-refractivity contribution < 1.29 is 0 Å². The summed E-state index contributed by atoms with van der Waals surface area (Å²) in [6, 6.07) is 11.9. The van der Waals surface area contributed by atoms with Gasteiger partial charge in [-0.1, -0.05) is 12.1 Å². The van der Waals surface area contributed by atoms with Gasteiger partial charge in [-0.05, 0) is 29.8 Å². The largest absolute Gasteiger partial charge is 0.301 e. The van der Waals surface area contributed by atoms with E-state index in [2.05, 4.69) is 9.97 Å². The van der Waals surface area contributed by atoms with Crippen molar-refractivity contribution >= 4 is 17.1 Å². The molecule has 2 aromatic heterocycles. The second-order valence-electron chi connectivity index (χ2n) is 4.04. The van der Waals surface area contributed by atoms with E-state index in [4.69, 9.17) is 5.26 Å². The second kappa shape index (κ2) is 4.75. The highest BCUT2D eigenvalue weighted by Crippen LogP contribution is 2.18. The standard InChI is InChI=1S/C15H10N4/c16-7-2-4-12-3-1-5-14(9-12)19-8-6-13-10-17-11-18-15(13)19/h1-6,8-11H. The van der Waals surface area contributed by atoms with Gasteiger partial charge in [0, 0.05) is 29.5 Å². The molecule has 3 rings (SSSR count). The fourth-order valence-electron chi connectivity index (χ4n) is 2.00. The van der Waals surface area contributed by atoms with Crippen LogP contribution in [0.2, 0.25) is 0 Å². The van der Waals surface area contributed by atoms with Gasteiger partial charge in [-0.3, -0.25) is 0 Å². The minimum absolute atomic E-state index is 0.872. The van der Waals surface area contributed by atoms with Crippen molar-refractivity contribution in [3.63, 3.8) is 0 Å². The third-order valence-electron chi connectivity index (χ3n) is 2.85. The maximum atomic E-state index is 8.56. The van der Waals surface area contributed by atoms with Crippen LogP contribution in [0.25, 0.3) is 22.8 Å². The summed E-state index contributed by atoms with van der Waals surface area (Å²) in [6.45, 7) is 0. The zero-order chi connectivity index (χ0) is 13.1. The van der Waals surface area contributed by atoms with Crippen LogP contribution in [-0.2, 0) is 0 Å². The van der Waals surface area contributed by atoms with Crippen LogP contribution in [-0.4, -0.2) is 14.5 Å². The average molecular weight is 246 g/mol. The number of fused-ring (bicyclic) bond motifs is 1. The van der Waals surface area contributed by atoms with Crippen LogP contribution in [0.15, 0.2) is 55.1 Å². The molecule has 0 bridgehead atoms. The first-order valence-corrected chi connectivity index (χ1v) is 5.82. The van der Waals surface area contributed by atoms with Crippen LogP contribution in [0, 0.1) is 11.3 Å². The van der Waals surface area contributed by atoms with Crippen molar-refractivity contribution in [3.8, 4) is 11.8 Å². The molecule has 3 aromatic rings. The van der Waals surface area contributed by atoms with E-state index < -0.39 is 0 Å². The Morgan fingerprint density at radius 3 is 3.11 bits per heavy atom. The molecule has 0 fully saturated rings. The van der Waals surface area contributed by atoms with Gasteiger partial charge in [-0.25, -0.2) is 9.97 Å². The lowest BCUT2D eigenvalue weighted by Gasteiger charge is -2.05. The first-order valence-electron chi connectivity index (χ1n) is 5.82. The van der Waals surface area contributed by atoms with Gasteiger partial charge in [0.1, 0.15) is 12.0 Å². The van der Waals surface area contributed by atoms with Crippen molar-refractivity contribution in [2.75, 3.05) is 0 Å². The normalized spacial score (nSPS) is 10.9. The third kappa shape index (κ3) is 2.09. The van der Waals surface area contributed by atoms with E-state index in [0.717, 1.165) is 22.3 Å². The Morgan fingerprint density at radius 1 is 1.26 bits per heavy atom. The van der Waals surface area contributed by atoms with Crippen LogP contribution in [0.3, 0.4) is 0 Å². The zero-order valence-corrected chi connectivity index (χ0v) is 10.1. The maximum Gasteiger partial charge on any atom is 0.147 e. The molecule has 0 saturated heterocycles. The Morgan fingerprint density at radius 2 is 2.21 bits per heavy atom. The topological polar surface area (TPSA) is 54.5 Å². The zero-order valence-electron chi connectivity index (χ0n) is 10.1. The van der Waals surface area contributed by atoms with E-state index >= 15 is 0 Å². The summed E-state index contributed by atoms with van der Waals surface area (Å²) >= 11 is 0. The number of nitriles is 1. The molecule has 0 atom stereocenters. The van der Waals surface area contributed by atoms with Gasteiger partial charge in [0.2, 0.25) is 0 Å². The number of nitrogens with zero attached hydrogens (tertiary/aromatic N) is 4. The van der Waals surface area contributed by atoms with Gasteiger partial charge in [-0.15, -0.1) is 0 Å². The number of allylic oxidation sites excluding steroid dienone is 1. The van der Waals surface area contributed by atoms with E-state index in [1.807, 2.05) is 47.2 Å². The minimum atomic E-state index is 0.872. The van der Waals surface area contributed by atoms with E-state index in [1.54, 1.807) is 12.3 Å². The molecule has 1 aromatic carbocycles. The fourth-order valence-corrected chi connectivity index (χ4v) is 2.00. The Hall–Kier alpha value is -2.93. The Bertz CT molecular complexity index is 793.